The number of thioether (sulfide) groups is 1. The lowest BCUT2D eigenvalue weighted by molar-refractivity contribution is -0.164. The standard InChI is InChI=1S/C26H32FN7O2S2/c1-5-20(8-7-19(3)18-28)30-24-17-23(25(37-4)29-6-2)31-26(32-24)33-13-15-34(16-14-33)38(35)22-11-9-21(36-27)10-12-22/h5-9,11,17,21-22H,1-2,10,12-16H2,3-4H3,(H,30,31,32)/b19-7+,20-8+,29-25-. The maximum atomic E-state index is 13.1. The number of anilines is 2. The Balaban J connectivity index is 1.80. The smallest absolute Gasteiger partial charge is 0.228 e. The van der Waals surface area contributed by atoms with Gasteiger partial charge in [0, 0.05) is 54.4 Å². The highest BCUT2D eigenvalue weighted by Crippen LogP contribution is 2.25. The van der Waals surface area contributed by atoms with Gasteiger partial charge in [-0.05, 0) is 48.4 Å². The molecule has 1 aliphatic carbocycles. The van der Waals surface area contributed by atoms with Gasteiger partial charge in [-0.1, -0.05) is 19.2 Å². The first-order chi connectivity index (χ1) is 18.4. The molecule has 2 aliphatic rings. The summed E-state index contributed by atoms with van der Waals surface area (Å²) in [6, 6.07) is 3.89. The van der Waals surface area contributed by atoms with Crippen LogP contribution in [-0.4, -0.2) is 67.7 Å². The number of nitrogens with one attached hydrogen (secondary N) is 1. The van der Waals surface area contributed by atoms with Crippen LogP contribution in [0.25, 0.3) is 0 Å². The van der Waals surface area contributed by atoms with Gasteiger partial charge in [0.1, 0.15) is 22.7 Å². The van der Waals surface area contributed by atoms with Crippen molar-refractivity contribution in [3.8, 4) is 6.07 Å². The molecule has 9 nitrogen and oxygen atoms in total. The first-order valence-corrected chi connectivity index (χ1v) is 14.5. The minimum atomic E-state index is -1.21. The van der Waals surface area contributed by atoms with Crippen molar-refractivity contribution in [2.45, 2.75) is 31.1 Å². The molecule has 1 aromatic heterocycles. The number of nitriles is 1. The van der Waals surface area contributed by atoms with Crippen molar-refractivity contribution in [1.82, 2.24) is 14.3 Å². The maximum absolute atomic E-state index is 13.1. The van der Waals surface area contributed by atoms with E-state index in [1.54, 1.807) is 43.4 Å². The van der Waals surface area contributed by atoms with Crippen molar-refractivity contribution in [3.63, 3.8) is 0 Å². The van der Waals surface area contributed by atoms with Gasteiger partial charge in [0.15, 0.2) is 5.25 Å². The van der Waals surface area contributed by atoms with Crippen LogP contribution in [0.1, 0.15) is 25.5 Å². The highest BCUT2D eigenvalue weighted by atomic mass is 32.2. The number of nitrogens with zero attached hydrogens (tertiary/aromatic N) is 6. The van der Waals surface area contributed by atoms with Crippen LogP contribution < -0.4 is 10.2 Å². The normalized spacial score (nSPS) is 22.1. The van der Waals surface area contributed by atoms with Crippen molar-refractivity contribution < 1.29 is 14.0 Å². The van der Waals surface area contributed by atoms with Gasteiger partial charge in [-0.15, -0.1) is 16.1 Å². The third-order valence-electron chi connectivity index (χ3n) is 5.94. The topological polar surface area (TPSA) is 113 Å². The molecule has 38 heavy (non-hydrogen) atoms. The number of aromatic nitrogens is 2. The van der Waals surface area contributed by atoms with E-state index < -0.39 is 17.5 Å². The van der Waals surface area contributed by atoms with Gasteiger partial charge in [0.25, 0.3) is 0 Å². The van der Waals surface area contributed by atoms with Crippen molar-refractivity contribution >= 4 is 39.9 Å². The van der Waals surface area contributed by atoms with Crippen LogP contribution in [0.2, 0.25) is 0 Å². The van der Waals surface area contributed by atoms with Gasteiger partial charge in [-0.2, -0.15) is 15.2 Å². The van der Waals surface area contributed by atoms with Crippen molar-refractivity contribution in [1.29, 1.82) is 5.26 Å². The Morgan fingerprint density at radius 3 is 2.63 bits per heavy atom. The minimum absolute atomic E-state index is 0.148. The Kier molecular flexibility index (Phi) is 11.6. The summed E-state index contributed by atoms with van der Waals surface area (Å²) in [6.45, 7) is 11.6. The molecular formula is C26H32FN7O2S2. The van der Waals surface area contributed by atoms with Crippen LogP contribution >= 0.6 is 11.8 Å². The number of rotatable bonds is 10. The van der Waals surface area contributed by atoms with E-state index >= 15 is 0 Å². The minimum Gasteiger partial charge on any atom is -0.597 e. The number of halogens is 1. The highest BCUT2D eigenvalue weighted by Gasteiger charge is 2.34. The Morgan fingerprint density at radius 2 is 2.05 bits per heavy atom. The number of piperazine rings is 1. The van der Waals surface area contributed by atoms with Crippen molar-refractivity contribution in [2.24, 2.45) is 4.99 Å². The van der Waals surface area contributed by atoms with Crippen molar-refractivity contribution in [3.05, 3.63) is 72.8 Å². The number of aliphatic imine (C=N–C) groups is 1. The van der Waals surface area contributed by atoms with E-state index in [0.29, 0.717) is 72.8 Å². The molecule has 0 bridgehead atoms. The summed E-state index contributed by atoms with van der Waals surface area (Å²) in [4.78, 5) is 19.8. The van der Waals surface area contributed by atoms with E-state index in [-0.39, 0.29) is 5.25 Å². The average Bonchev–Trinajstić information content (AvgIpc) is 2.97. The first-order valence-electron chi connectivity index (χ1n) is 12.1. The second-order valence-corrected chi connectivity index (χ2v) is 11.0. The molecule has 1 saturated heterocycles. The predicted octanol–water partition coefficient (Wildman–Crippen LogP) is 4.46. The second kappa shape index (κ2) is 14.8. The highest BCUT2D eigenvalue weighted by molar-refractivity contribution is 8.13. The van der Waals surface area contributed by atoms with Crippen LogP contribution in [0.15, 0.2) is 72.1 Å². The second-order valence-electron chi connectivity index (χ2n) is 8.49. The Hall–Kier alpha value is -2.95. The van der Waals surface area contributed by atoms with E-state index in [4.69, 9.17) is 15.2 Å². The zero-order valence-corrected chi connectivity index (χ0v) is 23.2. The van der Waals surface area contributed by atoms with Gasteiger partial charge in [0.2, 0.25) is 5.95 Å². The molecule has 0 saturated carbocycles. The van der Waals surface area contributed by atoms with Crippen molar-refractivity contribution in [2.75, 3.05) is 42.7 Å². The molecule has 2 heterocycles. The Labute approximate surface area is 230 Å². The predicted molar refractivity (Wildman–Crippen MR) is 154 cm³/mol. The maximum Gasteiger partial charge on any atom is 0.228 e. The molecule has 0 amide bonds. The van der Waals surface area contributed by atoms with Crippen LogP contribution in [0.4, 0.5) is 16.3 Å². The molecule has 1 N–H and O–H groups in total. The summed E-state index contributed by atoms with van der Waals surface area (Å²) in [7, 11) is 0. The lowest BCUT2D eigenvalue weighted by Crippen LogP contribution is -2.51. The molecule has 0 radical (unpaired) electrons. The number of hydrogen-bond donors (Lipinski definition) is 1. The zero-order valence-electron chi connectivity index (χ0n) is 21.5. The van der Waals surface area contributed by atoms with Crippen LogP contribution in [0.5, 0.6) is 0 Å². The lowest BCUT2D eigenvalue weighted by atomic mass is 10.1. The van der Waals surface area contributed by atoms with Gasteiger partial charge in [-0.3, -0.25) is 0 Å². The Bertz CT molecular complexity index is 1160. The molecule has 3 unspecified atom stereocenters. The average molecular weight is 558 g/mol. The molecule has 1 aromatic rings. The summed E-state index contributed by atoms with van der Waals surface area (Å²) in [5, 5.41) is 12.8. The quantitative estimate of drug-likeness (QED) is 0.111. The molecule has 12 heteroatoms. The monoisotopic (exact) mass is 557 g/mol. The van der Waals surface area contributed by atoms with Gasteiger partial charge >= 0.3 is 0 Å². The molecule has 0 spiro atoms. The molecule has 1 fully saturated rings. The molecule has 3 rings (SSSR count). The number of hydrogen-bond acceptors (Lipinski definition) is 10. The fourth-order valence-electron chi connectivity index (χ4n) is 3.89. The SMILES string of the molecule is C=C/N=C(\SC)c1cc(N/C(C=C)=C/C=C(\C)C#N)nc(N2CCN([S+]([O-])C3C=CC(OF)CC3)CC2)n1. The van der Waals surface area contributed by atoms with Gasteiger partial charge in [-0.25, -0.2) is 9.98 Å². The van der Waals surface area contributed by atoms with E-state index in [0.717, 1.165) is 0 Å². The van der Waals surface area contributed by atoms with E-state index in [1.165, 1.54) is 18.0 Å². The molecule has 3 atom stereocenters. The summed E-state index contributed by atoms with van der Waals surface area (Å²) in [6.07, 6.45) is 12.5. The van der Waals surface area contributed by atoms with E-state index in [1.807, 2.05) is 10.6 Å². The Morgan fingerprint density at radius 1 is 1.29 bits per heavy atom. The van der Waals surface area contributed by atoms with E-state index in [2.05, 4.69) is 39.4 Å². The summed E-state index contributed by atoms with van der Waals surface area (Å²) >= 11 is 0.240. The first kappa shape index (κ1) is 29.6. The largest absolute Gasteiger partial charge is 0.597 e. The molecule has 0 aromatic carbocycles. The molecule has 1 aliphatic heterocycles. The molecule has 202 valence electrons. The van der Waals surface area contributed by atoms with E-state index in [9.17, 15) is 9.08 Å². The third kappa shape index (κ3) is 8.02. The molecular weight excluding hydrogens is 525 g/mol. The van der Waals surface area contributed by atoms with Gasteiger partial charge in [0.05, 0.1) is 19.2 Å². The fraction of sp³-hybridized carbons (Fsp3) is 0.385. The summed E-state index contributed by atoms with van der Waals surface area (Å²) in [5.41, 5.74) is 1.87. The van der Waals surface area contributed by atoms with Crippen LogP contribution in [0.3, 0.4) is 0 Å². The third-order valence-corrected chi connectivity index (χ3v) is 8.43. The lowest BCUT2D eigenvalue weighted by Gasteiger charge is -2.37. The zero-order chi connectivity index (χ0) is 27.5. The van der Waals surface area contributed by atoms with Crippen LogP contribution in [0, 0.1) is 11.3 Å². The van der Waals surface area contributed by atoms with Gasteiger partial charge < -0.3 is 14.8 Å². The number of allylic oxidation sites excluding steroid dienone is 4. The van der Waals surface area contributed by atoms with Crippen LogP contribution in [-0.2, 0) is 16.3 Å². The summed E-state index contributed by atoms with van der Waals surface area (Å²) in [5.74, 6) is 1.07. The summed E-state index contributed by atoms with van der Waals surface area (Å²) < 4.78 is 27.5. The fourth-order valence-corrected chi connectivity index (χ4v) is 5.85.